The Morgan fingerprint density at radius 3 is 1.92 bits per heavy atom. The quantitative estimate of drug-likeness (QED) is 0.104. The third kappa shape index (κ3) is 12.1. The molecule has 1 fully saturated rings. The van der Waals surface area contributed by atoms with E-state index in [1.54, 1.807) is 25.7 Å². The Morgan fingerprint density at radius 1 is 0.959 bits per heavy atom. The van der Waals surface area contributed by atoms with E-state index in [-0.39, 0.29) is 45.6 Å². The lowest BCUT2D eigenvalue weighted by Crippen LogP contribution is -2.59. The van der Waals surface area contributed by atoms with Gasteiger partial charge in [0.15, 0.2) is 0 Å². The fourth-order valence-corrected chi connectivity index (χ4v) is 7.92. The van der Waals surface area contributed by atoms with Gasteiger partial charge in [-0.15, -0.1) is 23.2 Å². The van der Waals surface area contributed by atoms with Crippen LogP contribution in [0.25, 0.3) is 0 Å². The summed E-state index contributed by atoms with van der Waals surface area (Å²) in [4.78, 5) is 84.0. The van der Waals surface area contributed by atoms with Gasteiger partial charge in [0.2, 0.25) is 11.8 Å². The molecule has 280 valence electrons. The van der Waals surface area contributed by atoms with Crippen LogP contribution in [0.4, 0.5) is 10.5 Å². The Morgan fingerprint density at radius 2 is 1.47 bits per heavy atom. The lowest BCUT2D eigenvalue weighted by molar-refractivity contribution is -0.146. The van der Waals surface area contributed by atoms with E-state index in [2.05, 4.69) is 0 Å². The van der Waals surface area contributed by atoms with E-state index < -0.39 is 62.3 Å². The van der Waals surface area contributed by atoms with Crippen LogP contribution in [0.1, 0.15) is 46.1 Å². The second-order valence-electron chi connectivity index (χ2n) is 12.8. The van der Waals surface area contributed by atoms with Crippen molar-refractivity contribution in [1.82, 2.24) is 14.7 Å². The van der Waals surface area contributed by atoms with Gasteiger partial charge in [-0.25, -0.2) is 9.69 Å². The van der Waals surface area contributed by atoms with Gasteiger partial charge in [-0.2, -0.15) is 0 Å². The number of nitrogens with two attached hydrogens (primary N) is 1. The highest BCUT2D eigenvalue weighted by Gasteiger charge is 2.58. The monoisotopic (exact) mass is 775 g/mol. The highest BCUT2D eigenvalue weighted by atomic mass is 35.5. The molecule has 0 radical (unpaired) electrons. The predicted molar refractivity (Wildman–Crippen MR) is 186 cm³/mol. The summed E-state index contributed by atoms with van der Waals surface area (Å²) in [6, 6.07) is 4.87. The Kier molecular flexibility index (Phi) is 16.0. The normalized spacial score (nSPS) is 16.2. The average Bonchev–Trinajstić information content (AvgIpc) is 2.99. The Hall–Kier alpha value is -1.81. The van der Waals surface area contributed by atoms with Crippen molar-refractivity contribution in [2.75, 3.05) is 62.5 Å². The lowest BCUT2D eigenvalue weighted by Gasteiger charge is -2.38. The van der Waals surface area contributed by atoms with Crippen molar-refractivity contribution in [3.63, 3.8) is 0 Å². The highest BCUT2D eigenvalue weighted by Crippen LogP contribution is 2.69. The molecule has 16 nitrogen and oxygen atoms in total. The van der Waals surface area contributed by atoms with Gasteiger partial charge in [-0.05, 0) is 64.8 Å². The first kappa shape index (κ1) is 43.4. The molecule has 7 N–H and O–H groups in total. The van der Waals surface area contributed by atoms with E-state index in [9.17, 15) is 48.2 Å². The average molecular weight is 777 g/mol. The van der Waals surface area contributed by atoms with Gasteiger partial charge in [0, 0.05) is 63.1 Å². The minimum absolute atomic E-state index is 0.0716. The van der Waals surface area contributed by atoms with Crippen molar-refractivity contribution in [1.29, 1.82) is 0 Å². The molecule has 49 heavy (non-hydrogen) atoms. The summed E-state index contributed by atoms with van der Waals surface area (Å²) in [5, 5.41) is 6.61. The molecule has 2 atom stereocenters. The molecule has 0 unspecified atom stereocenters. The minimum atomic E-state index is -5.56. The molecular weight excluding hydrogens is 727 g/mol. The Bertz CT molecular complexity index is 1340. The number of carbonyl (C=O) groups is 3. The number of halogens is 2. The standard InChI is InChI=1S/C29H49Cl2N5O11P2/c1-21(25(37)35-18-16-33(17-19-35)13-5-10-29(40,48(41,42)43)49(44,45)46)36(27(39)47-28(2,3)4)26(38)24(32)20-22-6-8-23(9-7-22)34(14-11-30)15-12-31/h6-9,21,24,40H,5,10-20,32H2,1-4H3,(H2,41,42,43)(H2,44,45,46)/t21-,24-/m0/s1. The number of anilines is 1. The number of nitrogens with zero attached hydrogens (tertiary/aromatic N) is 4. The first-order valence-corrected chi connectivity index (χ1v) is 20.0. The second-order valence-corrected chi connectivity index (χ2v) is 17.6. The maximum Gasteiger partial charge on any atom is 0.417 e. The number of benzene rings is 1. The molecule has 0 saturated carbocycles. The molecule has 2 rings (SSSR count). The van der Waals surface area contributed by atoms with Crippen LogP contribution in [-0.2, 0) is 29.9 Å². The molecule has 1 aromatic carbocycles. The number of carbonyl (C=O) groups excluding carboxylic acids is 3. The number of rotatable bonds is 16. The summed E-state index contributed by atoms with van der Waals surface area (Å²) in [7, 11) is -11.1. The first-order valence-electron chi connectivity index (χ1n) is 15.7. The van der Waals surface area contributed by atoms with E-state index in [1.807, 2.05) is 29.2 Å². The molecule has 1 heterocycles. The zero-order valence-electron chi connectivity index (χ0n) is 28.2. The summed E-state index contributed by atoms with van der Waals surface area (Å²) in [6.45, 7) is 8.45. The van der Waals surface area contributed by atoms with Gasteiger partial charge in [0.05, 0.1) is 6.04 Å². The summed E-state index contributed by atoms with van der Waals surface area (Å²) >= 11 is 11.8. The number of ether oxygens (including phenoxy) is 1. The van der Waals surface area contributed by atoms with E-state index in [4.69, 9.17) is 33.7 Å². The molecule has 0 aliphatic carbocycles. The molecule has 0 bridgehead atoms. The number of piperazine rings is 1. The molecule has 1 saturated heterocycles. The maximum absolute atomic E-state index is 13.7. The van der Waals surface area contributed by atoms with Gasteiger partial charge in [-0.1, -0.05) is 12.1 Å². The summed E-state index contributed by atoms with van der Waals surface area (Å²) in [5.41, 5.74) is 6.96. The molecular formula is C29H49Cl2N5O11P2. The van der Waals surface area contributed by atoms with Crippen molar-refractivity contribution >= 4 is 62.0 Å². The van der Waals surface area contributed by atoms with Gasteiger partial charge in [0.25, 0.3) is 5.08 Å². The molecule has 1 aliphatic rings. The maximum atomic E-state index is 13.7. The zero-order chi connectivity index (χ0) is 37.4. The largest absolute Gasteiger partial charge is 0.443 e. The Labute approximate surface area is 296 Å². The second kappa shape index (κ2) is 18.1. The zero-order valence-corrected chi connectivity index (χ0v) is 31.5. The van der Waals surface area contributed by atoms with E-state index in [0.29, 0.717) is 24.8 Å². The molecule has 3 amide bonds. The fraction of sp³-hybridized carbons (Fsp3) is 0.690. The molecule has 0 spiro atoms. The summed E-state index contributed by atoms with van der Waals surface area (Å²) < 4.78 is 28.7. The molecule has 20 heteroatoms. The van der Waals surface area contributed by atoms with Crippen molar-refractivity contribution in [3.05, 3.63) is 29.8 Å². The number of imide groups is 1. The molecule has 1 aliphatic heterocycles. The molecule has 1 aromatic rings. The number of alkyl halides is 2. The highest BCUT2D eigenvalue weighted by molar-refractivity contribution is 7.72. The number of aliphatic hydroxyl groups is 1. The summed E-state index contributed by atoms with van der Waals surface area (Å²) in [6.07, 6.45) is -1.96. The Balaban J connectivity index is 2.11. The number of hydrogen-bond acceptors (Lipinski definition) is 10. The first-order chi connectivity index (χ1) is 22.6. The summed E-state index contributed by atoms with van der Waals surface area (Å²) in [5.74, 6) is -0.502. The van der Waals surface area contributed by atoms with Crippen molar-refractivity contribution in [2.24, 2.45) is 5.73 Å². The predicted octanol–water partition coefficient (Wildman–Crippen LogP) is 1.92. The van der Waals surface area contributed by atoms with Crippen LogP contribution < -0.4 is 10.6 Å². The van der Waals surface area contributed by atoms with Crippen LogP contribution in [0, 0.1) is 0 Å². The van der Waals surface area contributed by atoms with E-state index in [0.717, 1.165) is 16.2 Å². The van der Waals surface area contributed by atoms with Crippen molar-refractivity contribution in [2.45, 2.75) is 69.7 Å². The van der Waals surface area contributed by atoms with Crippen LogP contribution in [-0.4, -0.2) is 138 Å². The smallest absolute Gasteiger partial charge is 0.417 e. The fourth-order valence-electron chi connectivity index (χ4n) is 5.25. The van der Waals surface area contributed by atoms with Gasteiger partial charge >= 0.3 is 21.3 Å². The van der Waals surface area contributed by atoms with Gasteiger partial charge in [-0.3, -0.25) is 23.6 Å². The van der Waals surface area contributed by atoms with Gasteiger partial charge in [0.1, 0.15) is 11.6 Å². The van der Waals surface area contributed by atoms with Crippen LogP contribution in [0.15, 0.2) is 24.3 Å². The van der Waals surface area contributed by atoms with E-state index >= 15 is 0 Å². The molecule has 0 aromatic heterocycles. The van der Waals surface area contributed by atoms with Crippen LogP contribution >= 0.6 is 38.4 Å². The number of hydrogen-bond donors (Lipinski definition) is 6. The number of amides is 3. The minimum Gasteiger partial charge on any atom is -0.443 e. The van der Waals surface area contributed by atoms with Crippen LogP contribution in [0.3, 0.4) is 0 Å². The lowest BCUT2D eigenvalue weighted by atomic mass is 10.0. The van der Waals surface area contributed by atoms with Crippen molar-refractivity contribution in [3.8, 4) is 0 Å². The SMILES string of the molecule is C[C@@H](C(=O)N1CCN(CCCC(O)(P(=O)(O)O)P(=O)(O)O)CC1)N(C(=O)OC(C)(C)C)C(=O)[C@@H](N)Cc1ccc(N(CCCl)CCCl)cc1. The van der Waals surface area contributed by atoms with Gasteiger partial charge < -0.3 is 45.0 Å². The third-order valence-electron chi connectivity index (χ3n) is 7.96. The third-order valence-corrected chi connectivity index (χ3v) is 12.2. The van der Waals surface area contributed by atoms with Crippen molar-refractivity contribution < 1.29 is 52.9 Å². The van der Waals surface area contributed by atoms with Crippen LogP contribution in [0.5, 0.6) is 0 Å². The van der Waals surface area contributed by atoms with E-state index in [1.165, 1.54) is 11.8 Å². The topological polar surface area (TPSA) is 235 Å². The van der Waals surface area contributed by atoms with Crippen LogP contribution in [0.2, 0.25) is 0 Å².